The monoisotopic (exact) mass is 236 g/mol. The molecule has 8 nitrogen and oxygen atoms in total. The molecule has 0 saturated heterocycles. The van der Waals surface area contributed by atoms with E-state index in [0.717, 1.165) is 0 Å². The van der Waals surface area contributed by atoms with E-state index < -0.39 is 10.8 Å². The molecule has 0 atom stereocenters. The quantitative estimate of drug-likeness (QED) is 0.271. The number of hydrazone groups is 1. The number of hydrogen-bond donors (Lipinski definition) is 1. The smallest absolute Gasteiger partial charge is 0.323 e. The highest BCUT2D eigenvalue weighted by molar-refractivity contribution is 6.39. The third-order valence-electron chi connectivity index (χ3n) is 2.03. The Hall–Kier alpha value is -2.64. The highest BCUT2D eigenvalue weighted by Crippen LogP contribution is 2.18. The van der Waals surface area contributed by atoms with Crippen LogP contribution in [0.1, 0.15) is 5.56 Å². The first-order valence-corrected chi connectivity index (χ1v) is 4.47. The van der Waals surface area contributed by atoms with Gasteiger partial charge in [0.2, 0.25) is 0 Å². The SMILES string of the molecule is N/N=C(\Cc1ccccc1[N+](=O)[O-])C(=O)N=O. The number of amides is 1. The molecule has 1 rings (SSSR count). The molecule has 0 saturated carbocycles. The number of hydrogen-bond acceptors (Lipinski definition) is 6. The summed E-state index contributed by atoms with van der Waals surface area (Å²) in [7, 11) is 0. The number of rotatable bonds is 4. The fraction of sp³-hybridized carbons (Fsp3) is 0.111. The maximum absolute atomic E-state index is 11.0. The minimum atomic E-state index is -1.13. The van der Waals surface area contributed by atoms with Gasteiger partial charge in [-0.3, -0.25) is 14.9 Å². The van der Waals surface area contributed by atoms with Gasteiger partial charge in [0.1, 0.15) is 5.71 Å². The summed E-state index contributed by atoms with van der Waals surface area (Å²) in [4.78, 5) is 31.1. The Balaban J connectivity index is 3.06. The summed E-state index contributed by atoms with van der Waals surface area (Å²) in [6, 6.07) is 5.78. The molecule has 88 valence electrons. The van der Waals surface area contributed by atoms with Gasteiger partial charge in [0.25, 0.3) is 5.69 Å². The summed E-state index contributed by atoms with van der Waals surface area (Å²) < 4.78 is 0. The summed E-state index contributed by atoms with van der Waals surface area (Å²) in [6.07, 6.45) is -0.210. The Morgan fingerprint density at radius 3 is 2.59 bits per heavy atom. The predicted octanol–water partition coefficient (Wildman–Crippen LogP) is 0.745. The Morgan fingerprint density at radius 2 is 2.06 bits per heavy atom. The number of benzene rings is 1. The number of carbonyl (C=O) groups excluding carboxylic acids is 1. The van der Waals surface area contributed by atoms with Crippen molar-refractivity contribution in [3.8, 4) is 0 Å². The maximum Gasteiger partial charge on any atom is 0.332 e. The van der Waals surface area contributed by atoms with Gasteiger partial charge in [-0.25, -0.2) is 0 Å². The molecule has 0 spiro atoms. The van der Waals surface area contributed by atoms with Crippen molar-refractivity contribution in [2.75, 3.05) is 0 Å². The number of nitro benzene ring substituents is 1. The van der Waals surface area contributed by atoms with Gasteiger partial charge in [-0.2, -0.15) is 5.10 Å². The second-order valence-corrected chi connectivity index (χ2v) is 3.03. The van der Waals surface area contributed by atoms with E-state index in [2.05, 4.69) is 10.3 Å². The Bertz CT molecular complexity index is 498. The van der Waals surface area contributed by atoms with Crippen LogP contribution in [-0.4, -0.2) is 16.5 Å². The summed E-state index contributed by atoms with van der Waals surface area (Å²) in [6.45, 7) is 0. The van der Waals surface area contributed by atoms with Crippen molar-refractivity contribution < 1.29 is 9.72 Å². The molecule has 8 heteroatoms. The zero-order chi connectivity index (χ0) is 12.8. The first-order chi connectivity index (χ1) is 8.10. The average Bonchev–Trinajstić information content (AvgIpc) is 2.35. The Morgan fingerprint density at radius 1 is 1.41 bits per heavy atom. The molecule has 0 bridgehead atoms. The van der Waals surface area contributed by atoms with E-state index in [-0.39, 0.29) is 23.4 Å². The average molecular weight is 236 g/mol. The molecular formula is C9H8N4O4. The van der Waals surface area contributed by atoms with Crippen molar-refractivity contribution in [1.29, 1.82) is 0 Å². The van der Waals surface area contributed by atoms with E-state index in [0.29, 0.717) is 0 Å². The van der Waals surface area contributed by atoms with Gasteiger partial charge < -0.3 is 5.84 Å². The lowest BCUT2D eigenvalue weighted by atomic mass is 10.1. The topological polar surface area (TPSA) is 128 Å². The second kappa shape index (κ2) is 5.45. The molecule has 0 aliphatic carbocycles. The molecule has 0 unspecified atom stereocenters. The van der Waals surface area contributed by atoms with Gasteiger partial charge in [-0.05, 0) is 0 Å². The van der Waals surface area contributed by atoms with Crippen LogP contribution in [-0.2, 0) is 11.2 Å². The van der Waals surface area contributed by atoms with E-state index in [9.17, 15) is 19.8 Å². The van der Waals surface area contributed by atoms with Crippen molar-refractivity contribution >= 4 is 17.3 Å². The Labute approximate surface area is 95.2 Å². The van der Waals surface area contributed by atoms with Crippen LogP contribution in [0.2, 0.25) is 0 Å². The van der Waals surface area contributed by atoms with Crippen molar-refractivity contribution in [3.63, 3.8) is 0 Å². The van der Waals surface area contributed by atoms with Gasteiger partial charge >= 0.3 is 5.91 Å². The van der Waals surface area contributed by atoms with Crippen molar-refractivity contribution in [2.45, 2.75) is 6.42 Å². The molecule has 17 heavy (non-hydrogen) atoms. The molecule has 0 fully saturated rings. The van der Waals surface area contributed by atoms with Crippen LogP contribution in [0, 0.1) is 15.0 Å². The number of nitrogens with two attached hydrogens (primary N) is 1. The number of para-hydroxylation sites is 1. The minimum Gasteiger partial charge on any atom is -0.323 e. The predicted molar refractivity (Wildman–Crippen MR) is 59.2 cm³/mol. The van der Waals surface area contributed by atoms with E-state index >= 15 is 0 Å². The van der Waals surface area contributed by atoms with Gasteiger partial charge in [0.15, 0.2) is 0 Å². The first kappa shape index (κ1) is 12.4. The summed E-state index contributed by atoms with van der Waals surface area (Å²) in [5.41, 5.74) is -0.264. The van der Waals surface area contributed by atoms with E-state index in [4.69, 9.17) is 5.84 Å². The number of nitro groups is 1. The van der Waals surface area contributed by atoms with Crippen LogP contribution < -0.4 is 5.84 Å². The van der Waals surface area contributed by atoms with Gasteiger partial charge in [-0.1, -0.05) is 18.2 Å². The van der Waals surface area contributed by atoms with Crippen LogP contribution in [0.3, 0.4) is 0 Å². The molecule has 1 amide bonds. The molecule has 1 aromatic rings. The summed E-state index contributed by atoms with van der Waals surface area (Å²) in [5.74, 6) is 3.79. The molecule has 2 N–H and O–H groups in total. The molecule has 0 aromatic heterocycles. The number of carbonyl (C=O) groups is 1. The highest BCUT2D eigenvalue weighted by atomic mass is 16.6. The fourth-order valence-corrected chi connectivity index (χ4v) is 1.25. The maximum atomic E-state index is 11.0. The van der Waals surface area contributed by atoms with Crippen LogP contribution in [0.25, 0.3) is 0 Å². The third-order valence-corrected chi connectivity index (χ3v) is 2.03. The normalized spacial score (nSPS) is 10.9. The van der Waals surface area contributed by atoms with Gasteiger partial charge in [0, 0.05) is 23.2 Å². The molecule has 0 aliphatic rings. The largest absolute Gasteiger partial charge is 0.332 e. The molecule has 0 radical (unpaired) electrons. The van der Waals surface area contributed by atoms with Crippen LogP contribution in [0.4, 0.5) is 5.69 Å². The number of nitrogens with zero attached hydrogens (tertiary/aromatic N) is 3. The fourth-order valence-electron chi connectivity index (χ4n) is 1.25. The Kier molecular flexibility index (Phi) is 3.98. The van der Waals surface area contributed by atoms with E-state index in [1.54, 1.807) is 6.07 Å². The van der Waals surface area contributed by atoms with Gasteiger partial charge in [-0.15, -0.1) is 4.91 Å². The van der Waals surface area contributed by atoms with Crippen LogP contribution in [0.5, 0.6) is 0 Å². The lowest BCUT2D eigenvalue weighted by molar-refractivity contribution is -0.385. The van der Waals surface area contributed by atoms with Crippen molar-refractivity contribution in [2.24, 2.45) is 16.1 Å². The molecule has 0 aliphatic heterocycles. The standard InChI is InChI=1S/C9H8N4O4/c10-11-7(9(14)12-15)5-6-3-1-2-4-8(6)13(16)17/h1-4H,5,10H2/b11-7+. The number of nitroso groups, excluding NO2 is 1. The highest BCUT2D eigenvalue weighted by Gasteiger charge is 2.19. The van der Waals surface area contributed by atoms with Crippen molar-refractivity contribution in [1.82, 2.24) is 0 Å². The summed E-state index contributed by atoms with van der Waals surface area (Å²) >= 11 is 0. The first-order valence-electron chi connectivity index (χ1n) is 4.47. The van der Waals surface area contributed by atoms with E-state index in [1.165, 1.54) is 18.2 Å². The summed E-state index contributed by atoms with van der Waals surface area (Å²) in [5, 5.41) is 16.0. The molecule has 1 aromatic carbocycles. The minimum absolute atomic E-state index is 0.174. The lowest BCUT2D eigenvalue weighted by Crippen LogP contribution is -2.17. The molecule has 0 heterocycles. The van der Waals surface area contributed by atoms with Crippen molar-refractivity contribution in [3.05, 3.63) is 44.9 Å². The lowest BCUT2D eigenvalue weighted by Gasteiger charge is -2.01. The zero-order valence-electron chi connectivity index (χ0n) is 8.57. The van der Waals surface area contributed by atoms with Crippen LogP contribution >= 0.6 is 0 Å². The zero-order valence-corrected chi connectivity index (χ0v) is 8.57. The second-order valence-electron chi connectivity index (χ2n) is 3.03. The van der Waals surface area contributed by atoms with Crippen LogP contribution in [0.15, 0.2) is 34.5 Å². The third kappa shape index (κ3) is 2.91. The van der Waals surface area contributed by atoms with Gasteiger partial charge in [0.05, 0.1) is 4.92 Å². The van der Waals surface area contributed by atoms with E-state index in [1.807, 2.05) is 0 Å². The molecular weight excluding hydrogens is 228 g/mol.